The zero-order chi connectivity index (χ0) is 11.4. The topological polar surface area (TPSA) is 9.23 Å². The molecule has 0 fully saturated rings. The monoisotopic (exact) mass is 206 g/mol. The van der Waals surface area contributed by atoms with E-state index in [2.05, 4.69) is 45.9 Å². The first kappa shape index (κ1) is 12.1. The molecule has 0 saturated heterocycles. The molecule has 1 aromatic rings. The van der Waals surface area contributed by atoms with Crippen LogP contribution in [0, 0.1) is 5.92 Å². The number of benzene rings is 1. The highest BCUT2D eigenvalue weighted by Crippen LogP contribution is 2.26. The fourth-order valence-corrected chi connectivity index (χ4v) is 1.76. The second kappa shape index (κ2) is 5.20. The maximum atomic E-state index is 5.38. The molecular weight excluding hydrogens is 184 g/mol. The molecule has 0 heterocycles. The molecule has 0 spiro atoms. The van der Waals surface area contributed by atoms with Crippen LogP contribution < -0.4 is 4.74 Å². The summed E-state index contributed by atoms with van der Waals surface area (Å²) >= 11 is 0. The van der Waals surface area contributed by atoms with Crippen LogP contribution in [0.2, 0.25) is 0 Å². The first-order valence-corrected chi connectivity index (χ1v) is 5.71. The van der Waals surface area contributed by atoms with E-state index in [-0.39, 0.29) is 0 Å². The Morgan fingerprint density at radius 1 is 1.13 bits per heavy atom. The molecule has 0 radical (unpaired) electrons. The molecule has 0 aliphatic rings. The van der Waals surface area contributed by atoms with Gasteiger partial charge in [-0.3, -0.25) is 0 Å². The summed E-state index contributed by atoms with van der Waals surface area (Å²) in [6.45, 7) is 8.92. The van der Waals surface area contributed by atoms with E-state index < -0.39 is 0 Å². The van der Waals surface area contributed by atoms with Crippen LogP contribution in [0.1, 0.15) is 44.7 Å². The van der Waals surface area contributed by atoms with Gasteiger partial charge in [0, 0.05) is 0 Å². The first-order valence-electron chi connectivity index (χ1n) is 5.71. The van der Waals surface area contributed by atoms with Crippen LogP contribution in [0.3, 0.4) is 0 Å². The van der Waals surface area contributed by atoms with Gasteiger partial charge in [0.15, 0.2) is 0 Å². The van der Waals surface area contributed by atoms with Gasteiger partial charge in [0.1, 0.15) is 5.75 Å². The SMILES string of the molecule is COc1ccc(C(C)C)cc1CC(C)C. The number of hydrogen-bond acceptors (Lipinski definition) is 1. The van der Waals surface area contributed by atoms with E-state index >= 15 is 0 Å². The summed E-state index contributed by atoms with van der Waals surface area (Å²) in [5.41, 5.74) is 2.73. The van der Waals surface area contributed by atoms with Crippen LogP contribution in [0.4, 0.5) is 0 Å². The Balaban J connectivity index is 3.02. The van der Waals surface area contributed by atoms with Gasteiger partial charge in [0.05, 0.1) is 7.11 Å². The second-order valence-corrected chi connectivity index (χ2v) is 4.82. The fourth-order valence-electron chi connectivity index (χ4n) is 1.76. The average molecular weight is 206 g/mol. The third kappa shape index (κ3) is 3.26. The lowest BCUT2D eigenvalue weighted by atomic mass is 9.96. The van der Waals surface area contributed by atoms with Gasteiger partial charge < -0.3 is 4.74 Å². The maximum absolute atomic E-state index is 5.38. The lowest BCUT2D eigenvalue weighted by Crippen LogP contribution is -2.00. The van der Waals surface area contributed by atoms with E-state index in [4.69, 9.17) is 4.74 Å². The third-order valence-electron chi connectivity index (χ3n) is 2.60. The van der Waals surface area contributed by atoms with E-state index in [1.165, 1.54) is 11.1 Å². The molecule has 0 aliphatic carbocycles. The first-order chi connectivity index (χ1) is 7.04. The van der Waals surface area contributed by atoms with Crippen molar-refractivity contribution in [3.8, 4) is 5.75 Å². The lowest BCUT2D eigenvalue weighted by molar-refractivity contribution is 0.406. The third-order valence-corrected chi connectivity index (χ3v) is 2.60. The number of ether oxygens (including phenoxy) is 1. The molecule has 0 saturated carbocycles. The van der Waals surface area contributed by atoms with Crippen molar-refractivity contribution in [1.29, 1.82) is 0 Å². The van der Waals surface area contributed by atoms with Crippen molar-refractivity contribution in [3.63, 3.8) is 0 Å². The van der Waals surface area contributed by atoms with Crippen molar-refractivity contribution < 1.29 is 4.74 Å². The minimum absolute atomic E-state index is 0.585. The largest absolute Gasteiger partial charge is 0.496 e. The molecule has 15 heavy (non-hydrogen) atoms. The molecule has 0 N–H and O–H groups in total. The number of methoxy groups -OCH3 is 1. The molecule has 1 heteroatoms. The molecule has 1 aromatic carbocycles. The Bertz CT molecular complexity index is 313. The summed E-state index contributed by atoms with van der Waals surface area (Å²) in [6, 6.07) is 6.53. The van der Waals surface area contributed by atoms with E-state index in [9.17, 15) is 0 Å². The fraction of sp³-hybridized carbons (Fsp3) is 0.571. The van der Waals surface area contributed by atoms with Gasteiger partial charge in [-0.2, -0.15) is 0 Å². The van der Waals surface area contributed by atoms with Crippen LogP contribution in [-0.2, 0) is 6.42 Å². The van der Waals surface area contributed by atoms with Crippen molar-refractivity contribution >= 4 is 0 Å². The summed E-state index contributed by atoms with van der Waals surface area (Å²) < 4.78 is 5.38. The van der Waals surface area contributed by atoms with Crippen LogP contribution >= 0.6 is 0 Å². The van der Waals surface area contributed by atoms with Crippen LogP contribution in [0.5, 0.6) is 5.75 Å². The molecule has 0 unspecified atom stereocenters. The van der Waals surface area contributed by atoms with Crippen molar-refractivity contribution in [3.05, 3.63) is 29.3 Å². The molecule has 84 valence electrons. The Hall–Kier alpha value is -0.980. The van der Waals surface area contributed by atoms with Crippen LogP contribution in [0.15, 0.2) is 18.2 Å². The van der Waals surface area contributed by atoms with E-state index in [0.29, 0.717) is 11.8 Å². The summed E-state index contributed by atoms with van der Waals surface area (Å²) in [5, 5.41) is 0. The smallest absolute Gasteiger partial charge is 0.122 e. The van der Waals surface area contributed by atoms with E-state index in [1.54, 1.807) is 7.11 Å². The van der Waals surface area contributed by atoms with Crippen molar-refractivity contribution in [2.24, 2.45) is 5.92 Å². The highest BCUT2D eigenvalue weighted by Gasteiger charge is 2.08. The Morgan fingerprint density at radius 2 is 1.80 bits per heavy atom. The Kier molecular flexibility index (Phi) is 4.19. The van der Waals surface area contributed by atoms with Crippen molar-refractivity contribution in [2.45, 2.75) is 40.0 Å². The highest BCUT2D eigenvalue weighted by molar-refractivity contribution is 5.38. The van der Waals surface area contributed by atoms with Gasteiger partial charge in [-0.15, -0.1) is 0 Å². The quantitative estimate of drug-likeness (QED) is 0.723. The molecule has 0 amide bonds. The summed E-state index contributed by atoms with van der Waals surface area (Å²) in [4.78, 5) is 0. The van der Waals surface area contributed by atoms with Gasteiger partial charge in [0.2, 0.25) is 0 Å². The standard InChI is InChI=1S/C14H22O/c1-10(2)8-13-9-12(11(3)4)6-7-14(13)15-5/h6-7,9-11H,8H2,1-5H3. The molecule has 1 nitrogen and oxygen atoms in total. The second-order valence-electron chi connectivity index (χ2n) is 4.82. The zero-order valence-corrected chi connectivity index (χ0v) is 10.5. The predicted octanol–water partition coefficient (Wildman–Crippen LogP) is 4.02. The lowest BCUT2D eigenvalue weighted by Gasteiger charge is -2.14. The van der Waals surface area contributed by atoms with E-state index in [0.717, 1.165) is 12.2 Å². The Morgan fingerprint density at radius 3 is 2.27 bits per heavy atom. The molecule has 0 aromatic heterocycles. The van der Waals surface area contributed by atoms with Gasteiger partial charge in [0.25, 0.3) is 0 Å². The normalized spacial score (nSPS) is 11.1. The summed E-state index contributed by atoms with van der Waals surface area (Å²) in [6.07, 6.45) is 1.09. The molecular formula is C14H22O. The number of hydrogen-bond donors (Lipinski definition) is 0. The van der Waals surface area contributed by atoms with Gasteiger partial charge in [-0.05, 0) is 35.4 Å². The van der Waals surface area contributed by atoms with Crippen molar-refractivity contribution in [1.82, 2.24) is 0 Å². The minimum Gasteiger partial charge on any atom is -0.496 e. The maximum Gasteiger partial charge on any atom is 0.122 e. The zero-order valence-electron chi connectivity index (χ0n) is 10.5. The summed E-state index contributed by atoms with van der Waals surface area (Å²) in [5.74, 6) is 2.27. The summed E-state index contributed by atoms with van der Waals surface area (Å²) in [7, 11) is 1.74. The highest BCUT2D eigenvalue weighted by atomic mass is 16.5. The Labute approximate surface area is 93.5 Å². The number of rotatable bonds is 4. The predicted molar refractivity (Wildman–Crippen MR) is 65.6 cm³/mol. The molecule has 1 rings (SSSR count). The molecule has 0 aliphatic heterocycles. The minimum atomic E-state index is 0.585. The van der Waals surface area contributed by atoms with Gasteiger partial charge in [-0.1, -0.05) is 39.8 Å². The van der Waals surface area contributed by atoms with Crippen molar-refractivity contribution in [2.75, 3.05) is 7.11 Å². The van der Waals surface area contributed by atoms with E-state index in [1.807, 2.05) is 0 Å². The molecule has 0 bridgehead atoms. The van der Waals surface area contributed by atoms with Gasteiger partial charge in [-0.25, -0.2) is 0 Å². The molecule has 0 atom stereocenters. The van der Waals surface area contributed by atoms with Gasteiger partial charge >= 0.3 is 0 Å². The van der Waals surface area contributed by atoms with Crippen LogP contribution in [0.25, 0.3) is 0 Å². The van der Waals surface area contributed by atoms with Crippen LogP contribution in [-0.4, -0.2) is 7.11 Å². The average Bonchev–Trinajstić information content (AvgIpc) is 2.16.